The molecule has 0 saturated carbocycles. The average molecular weight is 311 g/mol. The molecule has 120 valence electrons. The van der Waals surface area contributed by atoms with Crippen LogP contribution in [-0.4, -0.2) is 30.8 Å². The largest absolute Gasteiger partial charge is 0.497 e. The maximum atomic E-state index is 14.1. The molecule has 1 rings (SSSR count). The van der Waals surface area contributed by atoms with E-state index in [1.807, 2.05) is 0 Å². The number of halogens is 2. The van der Waals surface area contributed by atoms with Crippen molar-refractivity contribution in [3.8, 4) is 5.75 Å². The van der Waals surface area contributed by atoms with E-state index in [0.29, 0.717) is 5.75 Å². The third kappa shape index (κ3) is 4.95. The molecule has 22 heavy (non-hydrogen) atoms. The molecule has 0 unspecified atom stereocenters. The number of methoxy groups -OCH3 is 1. The number of allylic oxidation sites excluding steroid dienone is 1. The third-order valence-corrected chi connectivity index (χ3v) is 2.60. The summed E-state index contributed by atoms with van der Waals surface area (Å²) in [4.78, 5) is 15.7. The van der Waals surface area contributed by atoms with Gasteiger partial charge in [0.05, 0.1) is 18.9 Å². The number of nitrogens with zero attached hydrogens (tertiary/aromatic N) is 1. The van der Waals surface area contributed by atoms with Gasteiger partial charge in [0.2, 0.25) is 0 Å². The monoisotopic (exact) mass is 311 g/mol. The normalized spacial score (nSPS) is 12.2. The van der Waals surface area contributed by atoms with Crippen LogP contribution in [0.1, 0.15) is 20.3 Å². The van der Waals surface area contributed by atoms with Gasteiger partial charge in [-0.25, -0.2) is 9.79 Å². The van der Waals surface area contributed by atoms with Crippen LogP contribution < -0.4 is 4.74 Å². The predicted octanol–water partition coefficient (Wildman–Crippen LogP) is 3.93. The molecule has 0 bridgehead atoms. The van der Waals surface area contributed by atoms with Gasteiger partial charge in [-0.2, -0.15) is 8.78 Å². The van der Waals surface area contributed by atoms with Crippen LogP contribution in [0.5, 0.6) is 5.75 Å². The molecule has 0 amide bonds. The Morgan fingerprint density at radius 3 is 2.41 bits per heavy atom. The number of benzene rings is 1. The smallest absolute Gasteiger partial charge is 0.359 e. The lowest BCUT2D eigenvalue weighted by molar-refractivity contribution is -0.140. The van der Waals surface area contributed by atoms with Crippen LogP contribution in [0.15, 0.2) is 41.9 Å². The van der Waals surface area contributed by atoms with Crippen LogP contribution in [0.4, 0.5) is 14.5 Å². The molecule has 0 fully saturated rings. The Morgan fingerprint density at radius 1 is 1.36 bits per heavy atom. The molecule has 0 aliphatic heterocycles. The highest BCUT2D eigenvalue weighted by Crippen LogP contribution is 2.26. The van der Waals surface area contributed by atoms with E-state index < -0.39 is 30.1 Å². The van der Waals surface area contributed by atoms with Gasteiger partial charge in [-0.3, -0.25) is 0 Å². The van der Waals surface area contributed by atoms with Crippen molar-refractivity contribution in [1.29, 1.82) is 0 Å². The van der Waals surface area contributed by atoms with Crippen molar-refractivity contribution in [2.75, 3.05) is 7.11 Å². The van der Waals surface area contributed by atoms with Crippen LogP contribution in [-0.2, 0) is 9.53 Å². The minimum atomic E-state index is -3.45. The SMILES string of the molecule is C=CCC(F)(F)C(=Nc1ccc(OC)cc1)C(=O)OC(C)C. The minimum absolute atomic E-state index is 0.209. The van der Waals surface area contributed by atoms with Gasteiger partial charge in [0.25, 0.3) is 5.92 Å². The van der Waals surface area contributed by atoms with E-state index in [2.05, 4.69) is 11.6 Å². The molecule has 0 atom stereocenters. The zero-order chi connectivity index (χ0) is 16.8. The zero-order valence-corrected chi connectivity index (χ0v) is 12.8. The summed E-state index contributed by atoms with van der Waals surface area (Å²) in [6, 6.07) is 6.09. The van der Waals surface area contributed by atoms with Crippen LogP contribution >= 0.6 is 0 Å². The van der Waals surface area contributed by atoms with Crippen LogP contribution in [0.2, 0.25) is 0 Å². The topological polar surface area (TPSA) is 47.9 Å². The molecule has 6 heteroatoms. The standard InChI is InChI=1S/C16H19F2NO3/c1-5-10-16(17,18)14(15(20)22-11(2)3)19-12-6-8-13(21-4)9-7-12/h5-9,11H,1,10H2,2-4H3. The van der Waals surface area contributed by atoms with Crippen LogP contribution in [0.25, 0.3) is 0 Å². The van der Waals surface area contributed by atoms with E-state index in [4.69, 9.17) is 9.47 Å². The average Bonchev–Trinajstić information content (AvgIpc) is 2.44. The molecule has 0 aliphatic carbocycles. The number of carbonyl (C=O) groups is 1. The van der Waals surface area contributed by atoms with Gasteiger partial charge in [0, 0.05) is 6.42 Å². The van der Waals surface area contributed by atoms with E-state index in [1.165, 1.54) is 19.2 Å². The third-order valence-electron chi connectivity index (χ3n) is 2.60. The first kappa shape index (κ1) is 17.8. The Bertz CT molecular complexity index is 551. The summed E-state index contributed by atoms with van der Waals surface area (Å²) in [5.41, 5.74) is -0.730. The summed E-state index contributed by atoms with van der Waals surface area (Å²) in [6.45, 7) is 6.43. The number of rotatable bonds is 7. The van der Waals surface area contributed by atoms with Crippen molar-refractivity contribution in [1.82, 2.24) is 0 Å². The molecule has 0 spiro atoms. The summed E-state index contributed by atoms with van der Waals surface area (Å²) >= 11 is 0. The fraction of sp³-hybridized carbons (Fsp3) is 0.375. The molecule has 0 saturated heterocycles. The molecule has 0 N–H and O–H groups in total. The molecular weight excluding hydrogens is 292 g/mol. The number of hydrogen-bond donors (Lipinski definition) is 0. The van der Waals surface area contributed by atoms with Gasteiger partial charge in [0.15, 0.2) is 5.71 Å². The zero-order valence-electron chi connectivity index (χ0n) is 12.8. The van der Waals surface area contributed by atoms with Crippen molar-refractivity contribution in [3.63, 3.8) is 0 Å². The fourth-order valence-corrected chi connectivity index (χ4v) is 1.61. The van der Waals surface area contributed by atoms with Crippen LogP contribution in [0.3, 0.4) is 0 Å². The molecular formula is C16H19F2NO3. The second-order valence-electron chi connectivity index (χ2n) is 4.81. The predicted molar refractivity (Wildman–Crippen MR) is 81.1 cm³/mol. The fourth-order valence-electron chi connectivity index (χ4n) is 1.61. The first-order valence-electron chi connectivity index (χ1n) is 6.73. The van der Waals surface area contributed by atoms with Gasteiger partial charge < -0.3 is 9.47 Å². The van der Waals surface area contributed by atoms with Gasteiger partial charge >= 0.3 is 5.97 Å². The molecule has 0 aliphatic rings. The Balaban J connectivity index is 3.19. The summed E-state index contributed by atoms with van der Waals surface area (Å²) < 4.78 is 38.0. The highest BCUT2D eigenvalue weighted by Gasteiger charge is 2.40. The van der Waals surface area contributed by atoms with E-state index in [-0.39, 0.29) is 5.69 Å². The number of esters is 1. The van der Waals surface area contributed by atoms with E-state index in [0.717, 1.165) is 6.08 Å². The Kier molecular flexibility index (Phi) is 6.22. The van der Waals surface area contributed by atoms with E-state index in [1.54, 1.807) is 26.0 Å². The maximum absolute atomic E-state index is 14.1. The first-order valence-corrected chi connectivity index (χ1v) is 6.73. The second-order valence-corrected chi connectivity index (χ2v) is 4.81. The number of hydrogen-bond acceptors (Lipinski definition) is 4. The molecule has 0 heterocycles. The molecule has 4 nitrogen and oxygen atoms in total. The Hall–Kier alpha value is -2.24. The quantitative estimate of drug-likeness (QED) is 0.435. The van der Waals surface area contributed by atoms with Gasteiger partial charge in [-0.15, -0.1) is 6.58 Å². The summed E-state index contributed by atoms with van der Waals surface area (Å²) in [5, 5.41) is 0. The second kappa shape index (κ2) is 7.68. The van der Waals surface area contributed by atoms with Gasteiger partial charge in [-0.05, 0) is 38.1 Å². The maximum Gasteiger partial charge on any atom is 0.359 e. The number of aliphatic imine (C=N–C) groups is 1. The Labute approximate surface area is 128 Å². The molecule has 1 aromatic carbocycles. The number of ether oxygens (including phenoxy) is 2. The Morgan fingerprint density at radius 2 is 1.95 bits per heavy atom. The van der Waals surface area contributed by atoms with Crippen molar-refractivity contribution >= 4 is 17.4 Å². The van der Waals surface area contributed by atoms with Crippen molar-refractivity contribution in [2.45, 2.75) is 32.3 Å². The highest BCUT2D eigenvalue weighted by atomic mass is 19.3. The molecule has 0 aromatic heterocycles. The summed E-state index contributed by atoms with van der Waals surface area (Å²) in [6.07, 6.45) is -0.186. The van der Waals surface area contributed by atoms with Crippen molar-refractivity contribution < 1.29 is 23.0 Å². The summed E-state index contributed by atoms with van der Waals surface area (Å²) in [5.74, 6) is -4.03. The van der Waals surface area contributed by atoms with E-state index in [9.17, 15) is 13.6 Å². The number of carbonyl (C=O) groups excluding carboxylic acids is 1. The molecule has 1 aromatic rings. The lowest BCUT2D eigenvalue weighted by Gasteiger charge is -2.17. The van der Waals surface area contributed by atoms with Crippen molar-refractivity contribution in [3.05, 3.63) is 36.9 Å². The highest BCUT2D eigenvalue weighted by molar-refractivity contribution is 6.39. The molecule has 0 radical (unpaired) electrons. The van der Waals surface area contributed by atoms with Gasteiger partial charge in [0.1, 0.15) is 5.75 Å². The minimum Gasteiger partial charge on any atom is -0.497 e. The van der Waals surface area contributed by atoms with E-state index >= 15 is 0 Å². The lowest BCUT2D eigenvalue weighted by Crippen LogP contribution is -2.37. The summed E-state index contributed by atoms with van der Waals surface area (Å²) in [7, 11) is 1.49. The number of alkyl halides is 2. The first-order chi connectivity index (χ1) is 10.3. The van der Waals surface area contributed by atoms with Crippen molar-refractivity contribution in [2.24, 2.45) is 4.99 Å². The van der Waals surface area contributed by atoms with Crippen LogP contribution in [0, 0.1) is 0 Å². The van der Waals surface area contributed by atoms with Gasteiger partial charge in [-0.1, -0.05) is 6.08 Å². The lowest BCUT2D eigenvalue weighted by atomic mass is 10.1.